The monoisotopic (exact) mass is 248 g/mol. The van der Waals surface area contributed by atoms with E-state index in [9.17, 15) is 4.39 Å². The van der Waals surface area contributed by atoms with E-state index in [2.05, 4.69) is 15.9 Å². The van der Waals surface area contributed by atoms with E-state index >= 15 is 0 Å². The number of hydrogen-bond donors (Lipinski definition) is 3. The summed E-state index contributed by atoms with van der Waals surface area (Å²) < 4.78 is 13.2. The largest absolute Gasteiger partial charge is 0.491 e. The first-order valence-electron chi connectivity index (χ1n) is 3.51. The summed E-state index contributed by atoms with van der Waals surface area (Å²) in [6, 6.07) is 2.58. The Hall–Kier alpha value is -0.425. The average Bonchev–Trinajstić information content (AvgIpc) is 2.09. The molecule has 1 aromatic rings. The van der Waals surface area contributed by atoms with Crippen LogP contribution in [0.1, 0.15) is 5.56 Å². The van der Waals surface area contributed by atoms with Crippen LogP contribution in [0, 0.1) is 5.82 Å². The quantitative estimate of drug-likeness (QED) is 0.634. The number of benzene rings is 1. The van der Waals surface area contributed by atoms with E-state index < -0.39 is 12.9 Å². The Kier molecular flexibility index (Phi) is 3.43. The maximum absolute atomic E-state index is 13.1. The van der Waals surface area contributed by atoms with Crippen molar-refractivity contribution >= 4 is 28.5 Å². The molecule has 0 radical (unpaired) electrons. The van der Waals surface area contributed by atoms with Crippen LogP contribution in [-0.2, 0) is 6.61 Å². The van der Waals surface area contributed by atoms with Crippen molar-refractivity contribution < 1.29 is 19.5 Å². The Morgan fingerprint density at radius 2 is 2.00 bits per heavy atom. The topological polar surface area (TPSA) is 60.7 Å². The van der Waals surface area contributed by atoms with Crippen LogP contribution in [0.5, 0.6) is 0 Å². The lowest BCUT2D eigenvalue weighted by atomic mass is 9.79. The van der Waals surface area contributed by atoms with Crippen LogP contribution in [0.15, 0.2) is 16.6 Å². The highest BCUT2D eigenvalue weighted by atomic mass is 79.9. The lowest BCUT2D eigenvalue weighted by molar-refractivity contribution is 0.281. The molecule has 0 aliphatic heterocycles. The second kappa shape index (κ2) is 4.19. The van der Waals surface area contributed by atoms with Crippen LogP contribution in [0.2, 0.25) is 0 Å². The highest BCUT2D eigenvalue weighted by Crippen LogP contribution is 2.15. The zero-order chi connectivity index (χ0) is 10.0. The first kappa shape index (κ1) is 10.7. The molecular formula is C7H7BBrFO3. The lowest BCUT2D eigenvalue weighted by Crippen LogP contribution is -2.33. The number of aliphatic hydroxyl groups is 1. The van der Waals surface area contributed by atoms with Crippen molar-refractivity contribution in [3.8, 4) is 0 Å². The summed E-state index contributed by atoms with van der Waals surface area (Å²) in [5.41, 5.74) is 0.162. The van der Waals surface area contributed by atoms with Gasteiger partial charge in [0, 0.05) is 5.46 Å². The summed E-state index contributed by atoms with van der Waals surface area (Å²) in [6.07, 6.45) is 0. The second-order valence-electron chi connectivity index (χ2n) is 2.51. The first-order valence-corrected chi connectivity index (χ1v) is 4.30. The fourth-order valence-electron chi connectivity index (χ4n) is 0.948. The van der Waals surface area contributed by atoms with Crippen LogP contribution in [0.4, 0.5) is 4.39 Å². The third-order valence-electron chi connectivity index (χ3n) is 1.58. The van der Waals surface area contributed by atoms with Crippen LogP contribution < -0.4 is 5.46 Å². The van der Waals surface area contributed by atoms with Crippen molar-refractivity contribution in [3.63, 3.8) is 0 Å². The SMILES string of the molecule is OCc1cc(Br)c(F)c(B(O)O)c1. The van der Waals surface area contributed by atoms with Gasteiger partial charge in [0.15, 0.2) is 0 Å². The summed E-state index contributed by atoms with van der Waals surface area (Å²) in [6.45, 7) is -0.279. The normalized spacial score (nSPS) is 10.2. The number of hydrogen-bond acceptors (Lipinski definition) is 3. The standard InChI is InChI=1S/C7H7BBrFO3/c9-6-2-4(3-11)1-5(7(6)10)8(12)13/h1-2,11-13H,3H2. The Morgan fingerprint density at radius 3 is 2.46 bits per heavy atom. The molecule has 1 rings (SSSR count). The van der Waals surface area contributed by atoms with Gasteiger partial charge in [0.05, 0.1) is 11.1 Å². The predicted molar refractivity (Wildman–Crippen MR) is 49.8 cm³/mol. The van der Waals surface area contributed by atoms with Gasteiger partial charge in [-0.25, -0.2) is 4.39 Å². The molecule has 6 heteroatoms. The van der Waals surface area contributed by atoms with E-state index in [1.54, 1.807) is 0 Å². The predicted octanol–water partition coefficient (Wildman–Crippen LogP) is -0.240. The van der Waals surface area contributed by atoms with Gasteiger partial charge in [-0.15, -0.1) is 0 Å². The van der Waals surface area contributed by atoms with E-state index in [0.29, 0.717) is 5.56 Å². The van der Waals surface area contributed by atoms with Gasteiger partial charge in [0.2, 0.25) is 0 Å². The van der Waals surface area contributed by atoms with Crippen molar-refractivity contribution in [2.75, 3.05) is 0 Å². The van der Waals surface area contributed by atoms with E-state index in [-0.39, 0.29) is 16.5 Å². The fourth-order valence-corrected chi connectivity index (χ4v) is 1.47. The molecule has 0 unspecified atom stereocenters. The van der Waals surface area contributed by atoms with E-state index in [1.807, 2.05) is 0 Å². The number of halogens is 2. The maximum atomic E-state index is 13.1. The van der Waals surface area contributed by atoms with Gasteiger partial charge in [0.1, 0.15) is 5.82 Å². The number of rotatable bonds is 2. The summed E-state index contributed by atoms with van der Waals surface area (Å²) in [5.74, 6) is -0.729. The van der Waals surface area contributed by atoms with Gasteiger partial charge in [-0.2, -0.15) is 0 Å². The molecule has 0 bridgehead atoms. The minimum Gasteiger partial charge on any atom is -0.423 e. The van der Waals surface area contributed by atoms with Crippen molar-refractivity contribution in [2.45, 2.75) is 6.61 Å². The Balaban J connectivity index is 3.25. The minimum absolute atomic E-state index is 0.0992. The van der Waals surface area contributed by atoms with Crippen LogP contribution in [-0.4, -0.2) is 22.3 Å². The van der Waals surface area contributed by atoms with E-state index in [4.69, 9.17) is 15.2 Å². The Bertz CT molecular complexity index is 319. The molecule has 0 aliphatic carbocycles. The zero-order valence-electron chi connectivity index (χ0n) is 6.54. The molecule has 13 heavy (non-hydrogen) atoms. The van der Waals surface area contributed by atoms with Crippen molar-refractivity contribution in [1.29, 1.82) is 0 Å². The minimum atomic E-state index is -1.87. The molecule has 3 N–H and O–H groups in total. The Labute approximate surface area is 83.1 Å². The van der Waals surface area contributed by atoms with Crippen LogP contribution in [0.25, 0.3) is 0 Å². The van der Waals surface area contributed by atoms with Gasteiger partial charge in [-0.05, 0) is 27.6 Å². The summed E-state index contributed by atoms with van der Waals surface area (Å²) in [4.78, 5) is 0. The van der Waals surface area contributed by atoms with Crippen LogP contribution >= 0.6 is 15.9 Å². The molecular weight excluding hydrogens is 242 g/mol. The van der Waals surface area contributed by atoms with Gasteiger partial charge < -0.3 is 15.2 Å². The Morgan fingerprint density at radius 1 is 1.38 bits per heavy atom. The fraction of sp³-hybridized carbons (Fsp3) is 0.143. The molecule has 3 nitrogen and oxygen atoms in total. The lowest BCUT2D eigenvalue weighted by Gasteiger charge is -2.06. The molecule has 70 valence electrons. The van der Waals surface area contributed by atoms with Crippen molar-refractivity contribution in [1.82, 2.24) is 0 Å². The van der Waals surface area contributed by atoms with Crippen molar-refractivity contribution in [3.05, 3.63) is 28.0 Å². The number of aliphatic hydroxyl groups excluding tert-OH is 1. The molecule has 0 aromatic heterocycles. The molecule has 0 aliphatic rings. The smallest absolute Gasteiger partial charge is 0.423 e. The molecule has 1 aromatic carbocycles. The van der Waals surface area contributed by atoms with Gasteiger partial charge >= 0.3 is 7.12 Å². The summed E-state index contributed by atoms with van der Waals surface area (Å²) >= 11 is 2.90. The molecule has 0 saturated heterocycles. The van der Waals surface area contributed by atoms with Gasteiger partial charge in [-0.3, -0.25) is 0 Å². The molecule has 0 fully saturated rings. The highest BCUT2D eigenvalue weighted by Gasteiger charge is 2.19. The molecule has 0 amide bonds. The molecule has 0 spiro atoms. The first-order chi connectivity index (χ1) is 6.06. The van der Waals surface area contributed by atoms with Crippen molar-refractivity contribution in [2.24, 2.45) is 0 Å². The molecule has 0 saturated carbocycles. The second-order valence-corrected chi connectivity index (χ2v) is 3.37. The highest BCUT2D eigenvalue weighted by molar-refractivity contribution is 9.10. The summed E-state index contributed by atoms with van der Waals surface area (Å²) in [7, 11) is -1.87. The third kappa shape index (κ3) is 2.28. The average molecular weight is 249 g/mol. The molecule has 0 atom stereocenters. The van der Waals surface area contributed by atoms with E-state index in [1.165, 1.54) is 12.1 Å². The van der Waals surface area contributed by atoms with E-state index in [0.717, 1.165) is 0 Å². The third-order valence-corrected chi connectivity index (χ3v) is 2.15. The summed E-state index contributed by atoms with van der Waals surface area (Å²) in [5, 5.41) is 26.3. The maximum Gasteiger partial charge on any atom is 0.491 e. The van der Waals surface area contributed by atoms with Crippen LogP contribution in [0.3, 0.4) is 0 Å². The van der Waals surface area contributed by atoms with Gasteiger partial charge in [0.25, 0.3) is 0 Å². The van der Waals surface area contributed by atoms with Gasteiger partial charge in [-0.1, -0.05) is 6.07 Å². The zero-order valence-corrected chi connectivity index (χ0v) is 8.12. The molecule has 0 heterocycles.